The summed E-state index contributed by atoms with van der Waals surface area (Å²) in [5, 5.41) is 14.1. The molecule has 0 radical (unpaired) electrons. The van der Waals surface area contributed by atoms with Crippen molar-refractivity contribution in [3.63, 3.8) is 0 Å². The summed E-state index contributed by atoms with van der Waals surface area (Å²) in [6, 6.07) is 10.6. The van der Waals surface area contributed by atoms with Gasteiger partial charge in [0.25, 0.3) is 5.91 Å². The molecule has 0 saturated carbocycles. The van der Waals surface area contributed by atoms with E-state index in [9.17, 15) is 9.18 Å². The Morgan fingerprint density at radius 1 is 1.12 bits per heavy atom. The molecule has 0 aliphatic rings. The third-order valence-electron chi connectivity index (χ3n) is 3.66. The van der Waals surface area contributed by atoms with Crippen LogP contribution < -0.4 is 14.8 Å². The Hall–Kier alpha value is -3.49. The Kier molecular flexibility index (Phi) is 5.07. The molecule has 9 heteroatoms. The minimum absolute atomic E-state index is 0.0948. The fourth-order valence-corrected chi connectivity index (χ4v) is 2.34. The molecule has 0 bridgehead atoms. The number of nitrogens with one attached hydrogen (secondary N) is 1. The Bertz CT molecular complexity index is 911. The fraction of sp³-hybridized carbons (Fsp3) is 0.176. The van der Waals surface area contributed by atoms with Gasteiger partial charge < -0.3 is 14.8 Å². The van der Waals surface area contributed by atoms with Gasteiger partial charge in [0.05, 0.1) is 26.5 Å². The van der Waals surface area contributed by atoms with Gasteiger partial charge in [0.2, 0.25) is 0 Å². The Balaban J connectivity index is 1.73. The van der Waals surface area contributed by atoms with E-state index < -0.39 is 0 Å². The number of hydrogen-bond acceptors (Lipinski definition) is 6. The molecule has 2 aromatic carbocycles. The summed E-state index contributed by atoms with van der Waals surface area (Å²) in [4.78, 5) is 12.4. The standard InChI is InChI=1S/C17H16FN5O3/c1-25-14-8-3-11(9-15(14)26-2)17(24)19-10-16-20-21-22-23(16)13-6-4-12(18)5-7-13/h3-9H,10H2,1-2H3,(H,19,24). The highest BCUT2D eigenvalue weighted by Crippen LogP contribution is 2.27. The minimum atomic E-state index is -0.356. The number of halogens is 1. The molecule has 0 aliphatic heterocycles. The molecule has 0 saturated heterocycles. The van der Waals surface area contributed by atoms with E-state index in [1.165, 1.54) is 31.0 Å². The summed E-state index contributed by atoms with van der Waals surface area (Å²) in [7, 11) is 3.02. The quantitative estimate of drug-likeness (QED) is 0.723. The summed E-state index contributed by atoms with van der Waals surface area (Å²) in [5.41, 5.74) is 0.996. The van der Waals surface area contributed by atoms with Crippen molar-refractivity contribution < 1.29 is 18.7 Å². The molecule has 0 atom stereocenters. The second-order valence-corrected chi connectivity index (χ2v) is 5.24. The summed E-state index contributed by atoms with van der Waals surface area (Å²) >= 11 is 0. The molecular formula is C17H16FN5O3. The van der Waals surface area contributed by atoms with Crippen LogP contribution in [0.1, 0.15) is 16.2 Å². The lowest BCUT2D eigenvalue weighted by atomic mass is 10.2. The van der Waals surface area contributed by atoms with Crippen LogP contribution in [0.2, 0.25) is 0 Å². The summed E-state index contributed by atoms with van der Waals surface area (Å²) in [5.74, 6) is 0.718. The number of amides is 1. The topological polar surface area (TPSA) is 91.2 Å². The summed E-state index contributed by atoms with van der Waals surface area (Å²) in [6.45, 7) is 0.0948. The smallest absolute Gasteiger partial charge is 0.251 e. The molecule has 134 valence electrons. The van der Waals surface area contributed by atoms with Crippen molar-refractivity contribution >= 4 is 5.91 Å². The average molecular weight is 357 g/mol. The van der Waals surface area contributed by atoms with Gasteiger partial charge in [-0.15, -0.1) is 5.10 Å². The van der Waals surface area contributed by atoms with E-state index in [1.54, 1.807) is 30.3 Å². The van der Waals surface area contributed by atoms with Crippen molar-refractivity contribution in [2.45, 2.75) is 6.54 Å². The molecule has 0 spiro atoms. The summed E-state index contributed by atoms with van der Waals surface area (Å²) < 4.78 is 24.8. The maximum absolute atomic E-state index is 13.0. The van der Waals surface area contributed by atoms with Crippen molar-refractivity contribution in [3.05, 3.63) is 59.7 Å². The van der Waals surface area contributed by atoms with Crippen LogP contribution in [-0.2, 0) is 6.54 Å². The van der Waals surface area contributed by atoms with Crippen molar-refractivity contribution in [2.24, 2.45) is 0 Å². The number of hydrogen-bond donors (Lipinski definition) is 1. The maximum atomic E-state index is 13.0. The number of nitrogens with zero attached hydrogens (tertiary/aromatic N) is 4. The Morgan fingerprint density at radius 2 is 1.85 bits per heavy atom. The van der Waals surface area contributed by atoms with E-state index >= 15 is 0 Å². The number of benzene rings is 2. The fourth-order valence-electron chi connectivity index (χ4n) is 2.34. The van der Waals surface area contributed by atoms with Crippen LogP contribution in [-0.4, -0.2) is 40.3 Å². The van der Waals surface area contributed by atoms with E-state index in [0.717, 1.165) is 0 Å². The van der Waals surface area contributed by atoms with Gasteiger partial charge in [-0.05, 0) is 52.9 Å². The predicted molar refractivity (Wildman–Crippen MR) is 89.8 cm³/mol. The molecule has 26 heavy (non-hydrogen) atoms. The van der Waals surface area contributed by atoms with E-state index in [1.807, 2.05) is 0 Å². The zero-order valence-corrected chi connectivity index (χ0v) is 14.1. The van der Waals surface area contributed by atoms with Crippen LogP contribution in [0.4, 0.5) is 4.39 Å². The van der Waals surface area contributed by atoms with Crippen molar-refractivity contribution in [2.75, 3.05) is 14.2 Å². The molecule has 3 rings (SSSR count). The summed E-state index contributed by atoms with van der Waals surface area (Å²) in [6.07, 6.45) is 0. The van der Waals surface area contributed by atoms with Crippen LogP contribution in [0.3, 0.4) is 0 Å². The average Bonchev–Trinajstić information content (AvgIpc) is 3.14. The van der Waals surface area contributed by atoms with Crippen LogP contribution in [0.25, 0.3) is 5.69 Å². The van der Waals surface area contributed by atoms with E-state index in [4.69, 9.17) is 9.47 Å². The highest BCUT2D eigenvalue weighted by molar-refractivity contribution is 5.94. The lowest BCUT2D eigenvalue weighted by Gasteiger charge is -2.10. The number of ether oxygens (including phenoxy) is 2. The zero-order chi connectivity index (χ0) is 18.5. The van der Waals surface area contributed by atoms with Crippen molar-refractivity contribution in [1.29, 1.82) is 0 Å². The van der Waals surface area contributed by atoms with Crippen molar-refractivity contribution in [3.8, 4) is 17.2 Å². The molecule has 3 aromatic rings. The SMILES string of the molecule is COc1ccc(C(=O)NCc2nnnn2-c2ccc(F)cc2)cc1OC. The highest BCUT2D eigenvalue weighted by Gasteiger charge is 2.13. The Morgan fingerprint density at radius 3 is 2.54 bits per heavy atom. The monoisotopic (exact) mass is 357 g/mol. The van der Waals surface area contributed by atoms with Gasteiger partial charge in [-0.25, -0.2) is 4.39 Å². The maximum Gasteiger partial charge on any atom is 0.251 e. The normalized spacial score (nSPS) is 10.4. The van der Waals surface area contributed by atoms with Gasteiger partial charge >= 0.3 is 0 Å². The molecule has 8 nitrogen and oxygen atoms in total. The molecule has 0 aliphatic carbocycles. The molecule has 1 aromatic heterocycles. The zero-order valence-electron chi connectivity index (χ0n) is 14.1. The number of rotatable bonds is 6. The number of aromatic nitrogens is 4. The molecule has 1 N–H and O–H groups in total. The van der Waals surface area contributed by atoms with Crippen LogP contribution in [0.15, 0.2) is 42.5 Å². The van der Waals surface area contributed by atoms with Crippen molar-refractivity contribution in [1.82, 2.24) is 25.5 Å². The lowest BCUT2D eigenvalue weighted by molar-refractivity contribution is 0.0949. The first-order chi connectivity index (χ1) is 12.6. The minimum Gasteiger partial charge on any atom is -0.493 e. The van der Waals surface area contributed by atoms with Gasteiger partial charge in [-0.3, -0.25) is 4.79 Å². The second-order valence-electron chi connectivity index (χ2n) is 5.24. The van der Waals surface area contributed by atoms with Gasteiger partial charge in [-0.1, -0.05) is 0 Å². The van der Waals surface area contributed by atoms with Gasteiger partial charge in [0, 0.05) is 5.56 Å². The van der Waals surface area contributed by atoms with E-state index in [0.29, 0.717) is 28.6 Å². The number of methoxy groups -OCH3 is 2. The van der Waals surface area contributed by atoms with Gasteiger partial charge in [-0.2, -0.15) is 4.68 Å². The van der Waals surface area contributed by atoms with Gasteiger partial charge in [0.15, 0.2) is 17.3 Å². The first-order valence-electron chi connectivity index (χ1n) is 7.66. The lowest BCUT2D eigenvalue weighted by Crippen LogP contribution is -2.24. The third-order valence-corrected chi connectivity index (χ3v) is 3.66. The second kappa shape index (κ2) is 7.60. The highest BCUT2D eigenvalue weighted by atomic mass is 19.1. The van der Waals surface area contributed by atoms with Crippen LogP contribution in [0.5, 0.6) is 11.5 Å². The number of carbonyl (C=O) groups is 1. The predicted octanol–water partition coefficient (Wildman–Crippen LogP) is 1.75. The third kappa shape index (κ3) is 3.61. The Labute approximate surface area is 148 Å². The molecule has 0 unspecified atom stereocenters. The van der Waals surface area contributed by atoms with E-state index in [-0.39, 0.29) is 18.3 Å². The van der Waals surface area contributed by atoms with Crippen LogP contribution >= 0.6 is 0 Å². The van der Waals surface area contributed by atoms with Gasteiger partial charge in [0.1, 0.15) is 5.82 Å². The van der Waals surface area contributed by atoms with Crippen LogP contribution in [0, 0.1) is 5.82 Å². The van der Waals surface area contributed by atoms with E-state index in [2.05, 4.69) is 20.8 Å². The first kappa shape index (κ1) is 17.3. The molecule has 1 amide bonds. The molecule has 0 fully saturated rings. The molecular weight excluding hydrogens is 341 g/mol. The molecule has 1 heterocycles. The number of tetrazole rings is 1. The number of carbonyl (C=O) groups excluding carboxylic acids is 1. The largest absolute Gasteiger partial charge is 0.493 e. The first-order valence-corrected chi connectivity index (χ1v) is 7.66.